The molecule has 0 aliphatic carbocycles. The minimum Gasteiger partial charge on any atom is -0.381 e. The maximum atomic E-state index is 5.57. The number of rotatable bonds is 1. The summed E-state index contributed by atoms with van der Waals surface area (Å²) in [6.07, 6.45) is 3.66. The zero-order valence-corrected chi connectivity index (χ0v) is 12.6. The quantitative estimate of drug-likeness (QED) is 0.798. The SMILES string of the molecule is CC1N(c2ccc3ccccc3n2)CCC12CCOCC2. The van der Waals surface area contributed by atoms with Crippen molar-refractivity contribution in [3.05, 3.63) is 36.4 Å². The second-order valence-corrected chi connectivity index (χ2v) is 6.46. The molecule has 2 aliphatic heterocycles. The molecule has 1 atom stereocenters. The monoisotopic (exact) mass is 282 g/mol. The second kappa shape index (κ2) is 4.99. The molecule has 21 heavy (non-hydrogen) atoms. The van der Waals surface area contributed by atoms with Gasteiger partial charge in [-0.25, -0.2) is 4.98 Å². The van der Waals surface area contributed by atoms with Gasteiger partial charge in [0, 0.05) is 31.2 Å². The highest BCUT2D eigenvalue weighted by atomic mass is 16.5. The number of ether oxygens (including phenoxy) is 1. The van der Waals surface area contributed by atoms with Gasteiger partial charge in [0.15, 0.2) is 0 Å². The summed E-state index contributed by atoms with van der Waals surface area (Å²) in [5.41, 5.74) is 1.53. The van der Waals surface area contributed by atoms with Gasteiger partial charge in [0.2, 0.25) is 0 Å². The Labute approximate surface area is 125 Å². The molecular formula is C18H22N2O. The zero-order valence-electron chi connectivity index (χ0n) is 12.6. The summed E-state index contributed by atoms with van der Waals surface area (Å²) < 4.78 is 5.57. The van der Waals surface area contributed by atoms with Gasteiger partial charge in [-0.3, -0.25) is 0 Å². The molecule has 3 nitrogen and oxygen atoms in total. The molecule has 2 aromatic rings. The molecule has 0 radical (unpaired) electrons. The third kappa shape index (κ3) is 2.11. The van der Waals surface area contributed by atoms with Crippen LogP contribution in [0.4, 0.5) is 5.82 Å². The van der Waals surface area contributed by atoms with Crippen LogP contribution in [0.25, 0.3) is 10.9 Å². The number of hydrogen-bond acceptors (Lipinski definition) is 3. The van der Waals surface area contributed by atoms with Crippen molar-refractivity contribution in [1.29, 1.82) is 0 Å². The third-order valence-electron chi connectivity index (χ3n) is 5.57. The fourth-order valence-electron chi connectivity index (χ4n) is 4.05. The maximum absolute atomic E-state index is 5.57. The molecular weight excluding hydrogens is 260 g/mol. The number of pyridine rings is 1. The zero-order chi connectivity index (χ0) is 14.3. The van der Waals surface area contributed by atoms with E-state index in [0.29, 0.717) is 11.5 Å². The number of aromatic nitrogens is 1. The first-order valence-electron chi connectivity index (χ1n) is 7.99. The van der Waals surface area contributed by atoms with E-state index < -0.39 is 0 Å². The first-order valence-corrected chi connectivity index (χ1v) is 7.99. The van der Waals surface area contributed by atoms with Crippen LogP contribution in [0.1, 0.15) is 26.2 Å². The lowest BCUT2D eigenvalue weighted by atomic mass is 9.74. The summed E-state index contributed by atoms with van der Waals surface area (Å²) in [5.74, 6) is 1.13. The molecule has 1 aromatic heterocycles. The topological polar surface area (TPSA) is 25.4 Å². The summed E-state index contributed by atoms with van der Waals surface area (Å²) in [4.78, 5) is 7.38. The van der Waals surface area contributed by atoms with Crippen LogP contribution in [-0.2, 0) is 4.74 Å². The molecule has 2 saturated heterocycles. The highest BCUT2D eigenvalue weighted by molar-refractivity contribution is 5.80. The minimum atomic E-state index is 0.436. The van der Waals surface area contributed by atoms with E-state index in [1.54, 1.807) is 0 Å². The van der Waals surface area contributed by atoms with Crippen molar-refractivity contribution in [3.63, 3.8) is 0 Å². The summed E-state index contributed by atoms with van der Waals surface area (Å²) in [6.45, 7) is 5.33. The molecule has 4 rings (SSSR count). The van der Waals surface area contributed by atoms with Crippen molar-refractivity contribution in [1.82, 2.24) is 4.98 Å². The van der Waals surface area contributed by atoms with E-state index in [-0.39, 0.29) is 0 Å². The minimum absolute atomic E-state index is 0.436. The first-order chi connectivity index (χ1) is 10.3. The van der Waals surface area contributed by atoms with Crippen molar-refractivity contribution >= 4 is 16.7 Å². The molecule has 3 heterocycles. The third-order valence-corrected chi connectivity index (χ3v) is 5.57. The molecule has 2 fully saturated rings. The Morgan fingerprint density at radius 1 is 1.10 bits per heavy atom. The van der Waals surface area contributed by atoms with E-state index in [0.717, 1.165) is 31.1 Å². The van der Waals surface area contributed by atoms with Crippen LogP contribution in [0.2, 0.25) is 0 Å². The van der Waals surface area contributed by atoms with Gasteiger partial charge in [-0.2, -0.15) is 0 Å². The lowest BCUT2D eigenvalue weighted by Crippen LogP contribution is -2.41. The summed E-state index contributed by atoms with van der Waals surface area (Å²) in [6, 6.07) is 13.3. The average molecular weight is 282 g/mol. The molecule has 110 valence electrons. The molecule has 1 unspecified atom stereocenters. The summed E-state index contributed by atoms with van der Waals surface area (Å²) >= 11 is 0. The van der Waals surface area contributed by atoms with Gasteiger partial charge in [0.1, 0.15) is 5.82 Å². The standard InChI is InChI=1S/C18H22N2O/c1-14-18(9-12-21-13-10-18)8-11-20(14)17-7-6-15-4-2-3-5-16(15)19-17/h2-7,14H,8-13H2,1H3. The van der Waals surface area contributed by atoms with Gasteiger partial charge in [-0.1, -0.05) is 18.2 Å². The van der Waals surface area contributed by atoms with Crippen LogP contribution in [0.3, 0.4) is 0 Å². The van der Waals surface area contributed by atoms with E-state index in [4.69, 9.17) is 9.72 Å². The number of fused-ring (bicyclic) bond motifs is 1. The number of hydrogen-bond donors (Lipinski definition) is 0. The molecule has 1 aromatic carbocycles. The summed E-state index contributed by atoms with van der Waals surface area (Å²) in [7, 11) is 0. The van der Waals surface area contributed by atoms with Crippen molar-refractivity contribution < 1.29 is 4.74 Å². The van der Waals surface area contributed by atoms with Crippen molar-refractivity contribution in [3.8, 4) is 0 Å². The van der Waals surface area contributed by atoms with E-state index in [2.05, 4.69) is 48.2 Å². The second-order valence-electron chi connectivity index (χ2n) is 6.46. The Kier molecular flexibility index (Phi) is 3.11. The molecule has 1 spiro atoms. The Morgan fingerprint density at radius 3 is 2.76 bits per heavy atom. The molecule has 2 aliphatic rings. The molecule has 0 amide bonds. The maximum Gasteiger partial charge on any atom is 0.129 e. The molecule has 0 bridgehead atoms. The first kappa shape index (κ1) is 13.1. The lowest BCUT2D eigenvalue weighted by molar-refractivity contribution is 0.0128. The Morgan fingerprint density at radius 2 is 1.90 bits per heavy atom. The van der Waals surface area contributed by atoms with Crippen LogP contribution in [0.15, 0.2) is 36.4 Å². The van der Waals surface area contributed by atoms with Gasteiger partial charge < -0.3 is 9.64 Å². The van der Waals surface area contributed by atoms with Gasteiger partial charge in [-0.05, 0) is 49.8 Å². The smallest absolute Gasteiger partial charge is 0.129 e. The van der Waals surface area contributed by atoms with E-state index in [9.17, 15) is 0 Å². The fraction of sp³-hybridized carbons (Fsp3) is 0.500. The molecule has 0 saturated carbocycles. The number of nitrogens with zero attached hydrogens (tertiary/aromatic N) is 2. The van der Waals surface area contributed by atoms with Gasteiger partial charge in [0.25, 0.3) is 0 Å². The van der Waals surface area contributed by atoms with Crippen LogP contribution in [0.5, 0.6) is 0 Å². The van der Waals surface area contributed by atoms with Crippen molar-refractivity contribution in [2.24, 2.45) is 5.41 Å². The van der Waals surface area contributed by atoms with Crippen molar-refractivity contribution in [2.75, 3.05) is 24.7 Å². The Balaban J connectivity index is 1.66. The van der Waals surface area contributed by atoms with Crippen molar-refractivity contribution in [2.45, 2.75) is 32.2 Å². The van der Waals surface area contributed by atoms with Gasteiger partial charge in [0.05, 0.1) is 5.52 Å². The predicted octanol–water partition coefficient (Wildman–Crippen LogP) is 3.63. The van der Waals surface area contributed by atoms with Crippen LogP contribution in [0, 0.1) is 5.41 Å². The van der Waals surface area contributed by atoms with Crippen LogP contribution < -0.4 is 4.90 Å². The van der Waals surface area contributed by atoms with E-state index in [1.165, 1.54) is 24.6 Å². The highest BCUT2D eigenvalue weighted by Gasteiger charge is 2.45. The number of benzene rings is 1. The van der Waals surface area contributed by atoms with Gasteiger partial charge in [-0.15, -0.1) is 0 Å². The molecule has 3 heteroatoms. The molecule has 0 N–H and O–H groups in total. The number of anilines is 1. The number of para-hydroxylation sites is 1. The highest BCUT2D eigenvalue weighted by Crippen LogP contribution is 2.46. The largest absolute Gasteiger partial charge is 0.381 e. The Bertz CT molecular complexity index is 648. The fourth-order valence-corrected chi connectivity index (χ4v) is 4.05. The van der Waals surface area contributed by atoms with E-state index >= 15 is 0 Å². The normalized spacial score (nSPS) is 24.8. The predicted molar refractivity (Wildman–Crippen MR) is 85.7 cm³/mol. The van der Waals surface area contributed by atoms with E-state index in [1.807, 2.05) is 0 Å². The Hall–Kier alpha value is -1.61. The van der Waals surface area contributed by atoms with Crippen LogP contribution in [-0.4, -0.2) is 30.8 Å². The lowest BCUT2D eigenvalue weighted by Gasteiger charge is -2.39. The van der Waals surface area contributed by atoms with Gasteiger partial charge >= 0.3 is 0 Å². The average Bonchev–Trinajstić information content (AvgIpc) is 2.84. The van der Waals surface area contributed by atoms with Crippen LogP contribution >= 0.6 is 0 Å². The summed E-state index contributed by atoms with van der Waals surface area (Å²) in [5, 5.41) is 1.22.